The average molecular weight is 234 g/mol. The number of ketones is 1. The van der Waals surface area contributed by atoms with Crippen molar-refractivity contribution in [1.82, 2.24) is 4.98 Å². The number of rotatable bonds is 3. The van der Waals surface area contributed by atoms with Crippen molar-refractivity contribution in [3.8, 4) is 5.75 Å². The third-order valence-electron chi connectivity index (χ3n) is 3.75. The third kappa shape index (κ3) is 1.93. The number of aromatic nitrogens is 1. The second-order valence-corrected chi connectivity index (χ2v) is 4.80. The molecular formula is C13H18N2O2. The summed E-state index contributed by atoms with van der Waals surface area (Å²) in [6.45, 7) is 1.93. The van der Waals surface area contributed by atoms with Crippen molar-refractivity contribution in [3.05, 3.63) is 24.0 Å². The van der Waals surface area contributed by atoms with Crippen molar-refractivity contribution >= 4 is 5.78 Å². The molecule has 1 heterocycles. The summed E-state index contributed by atoms with van der Waals surface area (Å²) in [6, 6.07) is 3.43. The highest BCUT2D eigenvalue weighted by Gasteiger charge is 2.44. The smallest absolute Gasteiger partial charge is 0.192 e. The molecule has 0 aliphatic heterocycles. The molecule has 1 aromatic rings. The zero-order valence-electron chi connectivity index (χ0n) is 10.3. The summed E-state index contributed by atoms with van der Waals surface area (Å²) in [7, 11) is 1.55. The lowest BCUT2D eigenvalue weighted by atomic mass is 9.79. The monoisotopic (exact) mass is 234 g/mol. The van der Waals surface area contributed by atoms with Crippen molar-refractivity contribution in [2.45, 2.75) is 32.2 Å². The van der Waals surface area contributed by atoms with E-state index in [4.69, 9.17) is 10.5 Å². The maximum absolute atomic E-state index is 12.5. The first-order valence-corrected chi connectivity index (χ1v) is 5.89. The summed E-state index contributed by atoms with van der Waals surface area (Å²) in [5, 5.41) is 0. The van der Waals surface area contributed by atoms with Gasteiger partial charge in [0.1, 0.15) is 11.4 Å². The van der Waals surface area contributed by atoms with E-state index in [0.29, 0.717) is 11.4 Å². The van der Waals surface area contributed by atoms with E-state index in [1.54, 1.807) is 25.4 Å². The molecule has 0 aromatic carbocycles. The Bertz CT molecular complexity index is 433. The van der Waals surface area contributed by atoms with E-state index >= 15 is 0 Å². The summed E-state index contributed by atoms with van der Waals surface area (Å²) >= 11 is 0. The number of nitrogens with zero attached hydrogens (tertiary/aromatic N) is 1. The zero-order valence-corrected chi connectivity index (χ0v) is 10.3. The first-order valence-electron chi connectivity index (χ1n) is 5.89. The number of hydrogen-bond donors (Lipinski definition) is 1. The molecule has 2 rings (SSSR count). The molecule has 1 aromatic heterocycles. The van der Waals surface area contributed by atoms with Crippen LogP contribution in [0, 0.1) is 5.41 Å². The van der Waals surface area contributed by atoms with Crippen molar-refractivity contribution < 1.29 is 9.53 Å². The molecule has 2 N–H and O–H groups in total. The van der Waals surface area contributed by atoms with E-state index in [-0.39, 0.29) is 11.8 Å². The van der Waals surface area contributed by atoms with Crippen LogP contribution in [-0.4, -0.2) is 23.9 Å². The predicted molar refractivity (Wildman–Crippen MR) is 65.1 cm³/mol. The lowest BCUT2D eigenvalue weighted by Gasteiger charge is -2.27. The van der Waals surface area contributed by atoms with Gasteiger partial charge in [0.25, 0.3) is 0 Å². The molecule has 92 valence electrons. The summed E-state index contributed by atoms with van der Waals surface area (Å²) in [5.74, 6) is 0.526. The molecule has 2 unspecified atom stereocenters. The van der Waals surface area contributed by atoms with E-state index in [9.17, 15) is 4.79 Å². The van der Waals surface area contributed by atoms with Crippen LogP contribution < -0.4 is 10.5 Å². The summed E-state index contributed by atoms with van der Waals surface area (Å²) in [6.07, 6.45) is 4.34. The Morgan fingerprint density at radius 3 is 3.00 bits per heavy atom. The standard InChI is InChI=1S/C13H18N2O2/c1-13(7-3-6-10(13)14)12(16)11-9(17-2)5-4-8-15-11/h4-5,8,10H,3,6-7,14H2,1-2H3. The molecule has 17 heavy (non-hydrogen) atoms. The second kappa shape index (κ2) is 4.45. The fourth-order valence-corrected chi connectivity index (χ4v) is 2.47. The fraction of sp³-hybridized carbons (Fsp3) is 0.538. The zero-order chi connectivity index (χ0) is 12.5. The number of ether oxygens (including phenoxy) is 1. The molecular weight excluding hydrogens is 216 g/mol. The van der Waals surface area contributed by atoms with Crippen molar-refractivity contribution in [3.63, 3.8) is 0 Å². The minimum Gasteiger partial charge on any atom is -0.494 e. The van der Waals surface area contributed by atoms with Crippen LogP contribution in [-0.2, 0) is 0 Å². The van der Waals surface area contributed by atoms with Gasteiger partial charge in [-0.05, 0) is 25.0 Å². The average Bonchev–Trinajstić information content (AvgIpc) is 2.70. The first-order chi connectivity index (χ1) is 8.09. The van der Waals surface area contributed by atoms with E-state index in [0.717, 1.165) is 19.3 Å². The van der Waals surface area contributed by atoms with E-state index < -0.39 is 5.41 Å². The molecule has 0 saturated heterocycles. The number of carbonyl (C=O) groups is 1. The van der Waals surface area contributed by atoms with E-state index in [1.165, 1.54) is 0 Å². The molecule has 1 aliphatic carbocycles. The largest absolute Gasteiger partial charge is 0.494 e. The lowest BCUT2D eigenvalue weighted by molar-refractivity contribution is 0.0793. The SMILES string of the molecule is COc1cccnc1C(=O)C1(C)CCCC1N. The van der Waals surface area contributed by atoms with Crippen molar-refractivity contribution in [1.29, 1.82) is 0 Å². The maximum atomic E-state index is 12.5. The number of pyridine rings is 1. The van der Waals surface area contributed by atoms with Crippen LogP contribution in [0.5, 0.6) is 5.75 Å². The Labute approximate surface area is 101 Å². The Morgan fingerprint density at radius 2 is 2.41 bits per heavy atom. The van der Waals surface area contributed by atoms with Crippen LogP contribution in [0.4, 0.5) is 0 Å². The molecule has 4 heteroatoms. The predicted octanol–water partition coefficient (Wildman–Crippen LogP) is 1.79. The maximum Gasteiger partial charge on any atom is 0.192 e. The van der Waals surface area contributed by atoms with Crippen molar-refractivity contribution in [2.24, 2.45) is 11.1 Å². The number of hydrogen-bond acceptors (Lipinski definition) is 4. The highest BCUT2D eigenvalue weighted by molar-refractivity contribution is 6.01. The van der Waals surface area contributed by atoms with Gasteiger partial charge in [0.05, 0.1) is 7.11 Å². The number of Topliss-reactive ketones (excluding diaryl/α,β-unsaturated/α-hetero) is 1. The molecule has 2 atom stereocenters. The van der Waals surface area contributed by atoms with Gasteiger partial charge in [-0.25, -0.2) is 4.98 Å². The minimum atomic E-state index is -0.498. The van der Waals surface area contributed by atoms with Crippen LogP contribution in [0.1, 0.15) is 36.7 Å². The van der Waals surface area contributed by atoms with E-state index in [2.05, 4.69) is 4.98 Å². The molecule has 0 spiro atoms. The first kappa shape index (κ1) is 12.0. The Balaban J connectivity index is 2.37. The van der Waals surface area contributed by atoms with Crippen LogP contribution >= 0.6 is 0 Å². The minimum absolute atomic E-state index is 0.0000463. The highest BCUT2D eigenvalue weighted by Crippen LogP contribution is 2.40. The number of methoxy groups -OCH3 is 1. The Morgan fingerprint density at radius 1 is 1.65 bits per heavy atom. The highest BCUT2D eigenvalue weighted by atomic mass is 16.5. The van der Waals surface area contributed by atoms with Crippen LogP contribution in [0.15, 0.2) is 18.3 Å². The van der Waals surface area contributed by atoms with Crippen LogP contribution in [0.25, 0.3) is 0 Å². The Kier molecular flexibility index (Phi) is 3.15. The van der Waals surface area contributed by atoms with Gasteiger partial charge in [-0.1, -0.05) is 13.3 Å². The van der Waals surface area contributed by atoms with Gasteiger partial charge in [-0.15, -0.1) is 0 Å². The molecule has 4 nitrogen and oxygen atoms in total. The van der Waals surface area contributed by atoms with Crippen LogP contribution in [0.2, 0.25) is 0 Å². The lowest BCUT2D eigenvalue weighted by Crippen LogP contribution is -2.41. The summed E-state index contributed by atoms with van der Waals surface area (Å²) in [5.41, 5.74) is 5.95. The van der Waals surface area contributed by atoms with Crippen molar-refractivity contribution in [2.75, 3.05) is 7.11 Å². The van der Waals surface area contributed by atoms with Gasteiger partial charge in [-0.2, -0.15) is 0 Å². The quantitative estimate of drug-likeness (QED) is 0.810. The molecule has 1 saturated carbocycles. The van der Waals surface area contributed by atoms with E-state index in [1.807, 2.05) is 6.92 Å². The van der Waals surface area contributed by atoms with Gasteiger partial charge < -0.3 is 10.5 Å². The van der Waals surface area contributed by atoms with Gasteiger partial charge in [0, 0.05) is 17.7 Å². The van der Waals surface area contributed by atoms with Gasteiger partial charge >= 0.3 is 0 Å². The number of nitrogens with two attached hydrogens (primary N) is 1. The summed E-state index contributed by atoms with van der Waals surface area (Å²) in [4.78, 5) is 16.7. The molecule has 0 amide bonds. The van der Waals surface area contributed by atoms with Crippen LogP contribution in [0.3, 0.4) is 0 Å². The molecule has 1 fully saturated rings. The third-order valence-corrected chi connectivity index (χ3v) is 3.75. The summed E-state index contributed by atoms with van der Waals surface area (Å²) < 4.78 is 5.18. The fourth-order valence-electron chi connectivity index (χ4n) is 2.47. The molecule has 0 radical (unpaired) electrons. The topological polar surface area (TPSA) is 65.2 Å². The van der Waals surface area contributed by atoms with Gasteiger partial charge in [0.15, 0.2) is 5.78 Å². The van der Waals surface area contributed by atoms with Gasteiger partial charge in [-0.3, -0.25) is 4.79 Å². The number of carbonyl (C=O) groups excluding carboxylic acids is 1. The molecule has 1 aliphatic rings. The Hall–Kier alpha value is -1.42. The normalized spacial score (nSPS) is 28.1. The second-order valence-electron chi connectivity index (χ2n) is 4.80. The molecule has 0 bridgehead atoms. The van der Waals surface area contributed by atoms with Gasteiger partial charge in [0.2, 0.25) is 0 Å².